The van der Waals surface area contributed by atoms with E-state index in [2.05, 4.69) is 255 Å². The first kappa shape index (κ1) is 40.9. The van der Waals surface area contributed by atoms with Crippen molar-refractivity contribution in [3.63, 3.8) is 0 Å². The molecule has 13 aromatic rings. The molecule has 0 N–H and O–H groups in total. The van der Waals surface area contributed by atoms with Crippen LogP contribution in [0, 0.1) is 0 Å². The number of fused-ring (bicyclic) bond motifs is 6. The van der Waals surface area contributed by atoms with E-state index in [-0.39, 0.29) is 0 Å². The molecule has 0 radical (unpaired) electrons. The average Bonchev–Trinajstić information content (AvgIpc) is 3.45. The predicted octanol–water partition coefficient (Wildman–Crippen LogP) is 17.8. The largest absolute Gasteiger partial charge is 0.247 e. The molecule has 3 nitrogen and oxygen atoms in total. The second-order valence-electron chi connectivity index (χ2n) is 17.9. The number of aromatic nitrogens is 3. The highest BCUT2D eigenvalue weighted by atomic mass is 14.9. The molecule has 11 aromatic carbocycles. The Morgan fingerprint density at radius 2 is 0.700 bits per heavy atom. The van der Waals surface area contributed by atoms with Gasteiger partial charge in [0.1, 0.15) is 0 Å². The van der Waals surface area contributed by atoms with Gasteiger partial charge in [-0.3, -0.25) is 0 Å². The smallest absolute Gasteiger partial charge is 0.160 e. The number of hydrogen-bond donors (Lipinski definition) is 0. The summed E-state index contributed by atoms with van der Waals surface area (Å²) in [6.45, 7) is 0. The van der Waals surface area contributed by atoms with Gasteiger partial charge in [0.25, 0.3) is 0 Å². The lowest BCUT2D eigenvalue weighted by atomic mass is 9.89. The number of pyridine rings is 1. The standard InChI is InChI=1S/C67H43N3/c1-3-17-44(18-4-1)48-23-14-28-53(38-48)63-43-64(70-67(69-63)56-30-16-24-49(41-56)45-19-5-2-6-20-45)54-29-15-26-51(39-54)50-25-13-27-52(37-50)60-42-61-65(58-32-10-9-31-57(58)60)59-33-11-12-34-62(59)68-66(61)55-36-35-46-21-7-8-22-47(46)40-55/h1-43H. The molecule has 0 fully saturated rings. The second-order valence-corrected chi connectivity index (χ2v) is 17.9. The molecule has 0 saturated heterocycles. The Bertz CT molecular complexity index is 4020. The van der Waals surface area contributed by atoms with Crippen molar-refractivity contribution in [3.05, 3.63) is 261 Å². The molecule has 0 saturated carbocycles. The molecule has 326 valence electrons. The third-order valence-corrected chi connectivity index (χ3v) is 13.6. The minimum Gasteiger partial charge on any atom is -0.247 e. The Balaban J connectivity index is 0.947. The number of nitrogens with zero attached hydrogens (tertiary/aromatic N) is 3. The average molecular weight is 890 g/mol. The van der Waals surface area contributed by atoms with Crippen LogP contribution in [-0.2, 0) is 0 Å². The van der Waals surface area contributed by atoms with Crippen LogP contribution in [0.5, 0.6) is 0 Å². The van der Waals surface area contributed by atoms with Crippen LogP contribution in [0.15, 0.2) is 261 Å². The van der Waals surface area contributed by atoms with Crippen LogP contribution in [0.4, 0.5) is 0 Å². The van der Waals surface area contributed by atoms with Gasteiger partial charge in [-0.25, -0.2) is 15.0 Å². The van der Waals surface area contributed by atoms with Crippen molar-refractivity contribution < 1.29 is 0 Å². The van der Waals surface area contributed by atoms with E-state index in [1.807, 2.05) is 6.07 Å². The lowest BCUT2D eigenvalue weighted by Gasteiger charge is -2.17. The quantitative estimate of drug-likeness (QED) is 0.143. The highest BCUT2D eigenvalue weighted by molar-refractivity contribution is 6.25. The Kier molecular flexibility index (Phi) is 10.2. The third-order valence-electron chi connectivity index (χ3n) is 13.6. The normalized spacial score (nSPS) is 11.4. The van der Waals surface area contributed by atoms with Gasteiger partial charge < -0.3 is 0 Å². The van der Waals surface area contributed by atoms with Crippen molar-refractivity contribution in [2.45, 2.75) is 0 Å². The maximum Gasteiger partial charge on any atom is 0.160 e. The molecule has 0 spiro atoms. The van der Waals surface area contributed by atoms with Crippen molar-refractivity contribution in [2.75, 3.05) is 0 Å². The van der Waals surface area contributed by atoms with Crippen LogP contribution < -0.4 is 0 Å². The molecule has 2 aromatic heterocycles. The topological polar surface area (TPSA) is 38.7 Å². The molecule has 0 amide bonds. The molecule has 0 aliphatic carbocycles. The lowest BCUT2D eigenvalue weighted by molar-refractivity contribution is 1.18. The molecule has 0 unspecified atom stereocenters. The molecule has 0 atom stereocenters. The highest BCUT2D eigenvalue weighted by Crippen LogP contribution is 2.43. The van der Waals surface area contributed by atoms with Gasteiger partial charge in [-0.05, 0) is 115 Å². The van der Waals surface area contributed by atoms with Crippen molar-refractivity contribution in [3.8, 4) is 89.7 Å². The fraction of sp³-hybridized carbons (Fsp3) is 0. The maximum absolute atomic E-state index is 5.40. The van der Waals surface area contributed by atoms with Crippen molar-refractivity contribution in [1.82, 2.24) is 15.0 Å². The van der Waals surface area contributed by atoms with Gasteiger partial charge in [-0.1, -0.05) is 212 Å². The van der Waals surface area contributed by atoms with Gasteiger partial charge in [0, 0.05) is 38.4 Å². The van der Waals surface area contributed by atoms with Crippen molar-refractivity contribution in [2.24, 2.45) is 0 Å². The summed E-state index contributed by atoms with van der Waals surface area (Å²) in [6.07, 6.45) is 0. The summed E-state index contributed by atoms with van der Waals surface area (Å²) in [5, 5.41) is 8.33. The predicted molar refractivity (Wildman–Crippen MR) is 293 cm³/mol. The zero-order valence-electron chi connectivity index (χ0n) is 38.2. The molecular formula is C67H43N3. The summed E-state index contributed by atoms with van der Waals surface area (Å²) < 4.78 is 0. The summed E-state index contributed by atoms with van der Waals surface area (Å²) in [4.78, 5) is 16.0. The first-order chi connectivity index (χ1) is 34.7. The Morgan fingerprint density at radius 3 is 1.36 bits per heavy atom. The van der Waals surface area contributed by atoms with E-state index in [1.165, 1.54) is 32.5 Å². The van der Waals surface area contributed by atoms with Crippen LogP contribution in [-0.4, -0.2) is 15.0 Å². The van der Waals surface area contributed by atoms with E-state index in [9.17, 15) is 0 Å². The fourth-order valence-electron chi connectivity index (χ4n) is 10.2. The number of para-hydroxylation sites is 1. The molecular weight excluding hydrogens is 847 g/mol. The van der Waals surface area contributed by atoms with E-state index < -0.39 is 0 Å². The summed E-state index contributed by atoms with van der Waals surface area (Å²) >= 11 is 0. The number of hydrogen-bond acceptors (Lipinski definition) is 3. The van der Waals surface area contributed by atoms with Crippen LogP contribution in [0.3, 0.4) is 0 Å². The Labute approximate surface area is 406 Å². The Hall–Kier alpha value is -9.31. The van der Waals surface area contributed by atoms with E-state index in [0.29, 0.717) is 5.82 Å². The molecule has 0 bridgehead atoms. The number of benzene rings is 11. The van der Waals surface area contributed by atoms with Gasteiger partial charge >= 0.3 is 0 Å². The van der Waals surface area contributed by atoms with Gasteiger partial charge in [0.05, 0.1) is 22.6 Å². The summed E-state index contributed by atoms with van der Waals surface area (Å²) in [5.74, 6) is 0.677. The third kappa shape index (κ3) is 7.56. The first-order valence-corrected chi connectivity index (χ1v) is 23.8. The molecule has 70 heavy (non-hydrogen) atoms. The number of rotatable bonds is 8. The minimum absolute atomic E-state index is 0.677. The molecule has 13 rings (SSSR count). The highest BCUT2D eigenvalue weighted by Gasteiger charge is 2.18. The molecule has 3 heteroatoms. The van der Waals surface area contributed by atoms with Gasteiger partial charge in [0.2, 0.25) is 0 Å². The molecule has 0 aliphatic heterocycles. The Morgan fingerprint density at radius 1 is 0.229 bits per heavy atom. The van der Waals surface area contributed by atoms with Crippen molar-refractivity contribution in [1.29, 1.82) is 0 Å². The molecule has 2 heterocycles. The summed E-state index contributed by atoms with van der Waals surface area (Å²) in [5.41, 5.74) is 16.9. The lowest BCUT2D eigenvalue weighted by Crippen LogP contribution is -1.96. The van der Waals surface area contributed by atoms with Crippen LogP contribution in [0.25, 0.3) is 133 Å². The monoisotopic (exact) mass is 889 g/mol. The van der Waals surface area contributed by atoms with E-state index in [0.717, 1.165) is 94.6 Å². The van der Waals surface area contributed by atoms with E-state index in [4.69, 9.17) is 15.0 Å². The zero-order valence-corrected chi connectivity index (χ0v) is 38.2. The van der Waals surface area contributed by atoms with Crippen molar-refractivity contribution >= 4 is 43.2 Å². The van der Waals surface area contributed by atoms with Gasteiger partial charge in [0.15, 0.2) is 5.82 Å². The van der Waals surface area contributed by atoms with E-state index >= 15 is 0 Å². The zero-order chi connectivity index (χ0) is 46.4. The SMILES string of the molecule is c1ccc(-c2cccc(-c3cc(-c4cccc(-c5cccc(-c6cc7c(-c8ccc9ccccc9c8)nc8ccccc8c7c7ccccc67)c5)c4)nc(-c4cccc(-c5ccccc5)c4)n3)c2)cc1. The first-order valence-electron chi connectivity index (χ1n) is 23.8. The van der Waals surface area contributed by atoms with Gasteiger partial charge in [-0.2, -0.15) is 0 Å². The van der Waals surface area contributed by atoms with Crippen LogP contribution in [0.1, 0.15) is 0 Å². The summed E-state index contributed by atoms with van der Waals surface area (Å²) in [7, 11) is 0. The second kappa shape index (κ2) is 17.4. The van der Waals surface area contributed by atoms with Crippen LogP contribution >= 0.6 is 0 Å². The van der Waals surface area contributed by atoms with Gasteiger partial charge in [-0.15, -0.1) is 0 Å². The maximum atomic E-state index is 5.40. The fourth-order valence-corrected chi connectivity index (χ4v) is 10.2. The summed E-state index contributed by atoms with van der Waals surface area (Å²) in [6, 6.07) is 93.1. The minimum atomic E-state index is 0.677. The van der Waals surface area contributed by atoms with Crippen LogP contribution in [0.2, 0.25) is 0 Å². The van der Waals surface area contributed by atoms with E-state index in [1.54, 1.807) is 0 Å². The molecule has 0 aliphatic rings.